The van der Waals surface area contributed by atoms with E-state index in [-0.39, 0.29) is 18.1 Å². The van der Waals surface area contributed by atoms with Crippen LogP contribution < -0.4 is 0 Å². The van der Waals surface area contributed by atoms with Gasteiger partial charge in [0.1, 0.15) is 0 Å². The van der Waals surface area contributed by atoms with Gasteiger partial charge < -0.3 is 10.2 Å². The molecule has 2 nitrogen and oxygen atoms in total. The second kappa shape index (κ2) is 5.92. The minimum Gasteiger partial charge on any atom is -0.392 e. The van der Waals surface area contributed by atoms with Crippen molar-refractivity contribution in [3.05, 3.63) is 0 Å². The monoisotopic (exact) mass is 254 g/mol. The quantitative estimate of drug-likeness (QED) is 0.812. The molecule has 0 bridgehead atoms. The summed E-state index contributed by atoms with van der Waals surface area (Å²) >= 11 is 0. The predicted molar refractivity (Wildman–Crippen MR) is 74.2 cm³/mol. The standard InChI is InChI=1S/C16H30O2/c1-4-5-12-7-6-11-8-9-13(10(2)3)16(18)14(11)15(12)17/h10-18H,4-9H2,1-3H3/t11?,12-,13+,14?,15?,16?/m0/s1. The van der Waals surface area contributed by atoms with Crippen LogP contribution in [0.5, 0.6) is 0 Å². The highest BCUT2D eigenvalue weighted by Gasteiger charge is 2.47. The minimum absolute atomic E-state index is 0.149. The Morgan fingerprint density at radius 3 is 2.28 bits per heavy atom. The van der Waals surface area contributed by atoms with E-state index in [9.17, 15) is 10.2 Å². The van der Waals surface area contributed by atoms with Crippen molar-refractivity contribution in [1.82, 2.24) is 0 Å². The molecule has 0 spiro atoms. The maximum atomic E-state index is 10.6. The van der Waals surface area contributed by atoms with Crippen molar-refractivity contribution >= 4 is 0 Å². The van der Waals surface area contributed by atoms with Gasteiger partial charge in [0.05, 0.1) is 12.2 Å². The first-order chi connectivity index (χ1) is 8.56. The van der Waals surface area contributed by atoms with Gasteiger partial charge in [0.2, 0.25) is 0 Å². The van der Waals surface area contributed by atoms with Crippen LogP contribution in [0.25, 0.3) is 0 Å². The Hall–Kier alpha value is -0.0800. The van der Waals surface area contributed by atoms with Crippen molar-refractivity contribution in [1.29, 1.82) is 0 Å². The summed E-state index contributed by atoms with van der Waals surface area (Å²) < 4.78 is 0. The third kappa shape index (κ3) is 2.60. The zero-order valence-electron chi connectivity index (χ0n) is 12.2. The van der Waals surface area contributed by atoms with E-state index in [1.807, 2.05) is 0 Å². The molecule has 2 saturated carbocycles. The van der Waals surface area contributed by atoms with Gasteiger partial charge in [-0.05, 0) is 55.8 Å². The van der Waals surface area contributed by atoms with Crippen molar-refractivity contribution in [3.8, 4) is 0 Å². The topological polar surface area (TPSA) is 40.5 Å². The molecule has 0 aliphatic heterocycles. The summed E-state index contributed by atoms with van der Waals surface area (Å²) in [6, 6.07) is 0. The van der Waals surface area contributed by atoms with E-state index in [4.69, 9.17) is 0 Å². The maximum absolute atomic E-state index is 10.6. The van der Waals surface area contributed by atoms with Crippen molar-refractivity contribution in [2.75, 3.05) is 0 Å². The molecule has 4 unspecified atom stereocenters. The van der Waals surface area contributed by atoms with Gasteiger partial charge in [0.25, 0.3) is 0 Å². The van der Waals surface area contributed by atoms with E-state index < -0.39 is 0 Å². The van der Waals surface area contributed by atoms with Gasteiger partial charge in [0.15, 0.2) is 0 Å². The minimum atomic E-state index is -0.279. The highest BCUT2D eigenvalue weighted by atomic mass is 16.3. The van der Waals surface area contributed by atoms with Crippen LogP contribution in [0.1, 0.15) is 59.3 Å². The Morgan fingerprint density at radius 2 is 1.67 bits per heavy atom. The number of hydrogen-bond donors (Lipinski definition) is 2. The van der Waals surface area contributed by atoms with Gasteiger partial charge in [-0.1, -0.05) is 27.2 Å². The normalized spacial score (nSPS) is 45.0. The molecule has 6 atom stereocenters. The van der Waals surface area contributed by atoms with E-state index in [2.05, 4.69) is 20.8 Å². The molecule has 2 rings (SSSR count). The third-order valence-corrected chi connectivity index (χ3v) is 5.55. The Labute approximate surface area is 112 Å². The van der Waals surface area contributed by atoms with E-state index in [1.54, 1.807) is 0 Å². The maximum Gasteiger partial charge on any atom is 0.0626 e. The van der Waals surface area contributed by atoms with Crippen LogP contribution in [0, 0.1) is 29.6 Å². The van der Waals surface area contributed by atoms with Gasteiger partial charge >= 0.3 is 0 Å². The third-order valence-electron chi connectivity index (χ3n) is 5.55. The Balaban J connectivity index is 2.09. The molecule has 0 radical (unpaired) electrons. The SMILES string of the molecule is CCC[C@H]1CCC2CC[C@H](C(C)C)C(O)C2C1O. The lowest BCUT2D eigenvalue weighted by molar-refractivity contribution is -0.124. The molecule has 2 N–H and O–H groups in total. The second-order valence-electron chi connectivity index (χ2n) is 6.93. The first-order valence-electron chi connectivity index (χ1n) is 7.92. The average molecular weight is 254 g/mol. The molecule has 0 heterocycles. The largest absolute Gasteiger partial charge is 0.392 e. The summed E-state index contributed by atoms with van der Waals surface area (Å²) in [6.45, 7) is 6.59. The summed E-state index contributed by atoms with van der Waals surface area (Å²) in [5.41, 5.74) is 0. The predicted octanol–water partition coefficient (Wildman–Crippen LogP) is 3.22. The molecule has 2 aliphatic rings. The average Bonchev–Trinajstić information content (AvgIpc) is 2.32. The van der Waals surface area contributed by atoms with Crippen LogP contribution >= 0.6 is 0 Å². The Kier molecular flexibility index (Phi) is 4.71. The Morgan fingerprint density at radius 1 is 1.00 bits per heavy atom. The molecule has 2 heteroatoms. The summed E-state index contributed by atoms with van der Waals surface area (Å²) in [6.07, 6.45) is 6.44. The van der Waals surface area contributed by atoms with Crippen LogP contribution in [0.15, 0.2) is 0 Å². The van der Waals surface area contributed by atoms with Crippen LogP contribution in [-0.4, -0.2) is 22.4 Å². The van der Waals surface area contributed by atoms with E-state index in [1.165, 1.54) is 12.8 Å². The van der Waals surface area contributed by atoms with Crippen LogP contribution in [-0.2, 0) is 0 Å². The highest BCUT2D eigenvalue weighted by molar-refractivity contribution is 4.97. The number of aliphatic hydroxyl groups is 2. The molecule has 18 heavy (non-hydrogen) atoms. The molecule has 0 amide bonds. The lowest BCUT2D eigenvalue weighted by Crippen LogP contribution is -2.51. The van der Waals surface area contributed by atoms with E-state index >= 15 is 0 Å². The zero-order chi connectivity index (χ0) is 13.3. The van der Waals surface area contributed by atoms with Gasteiger partial charge in [-0.25, -0.2) is 0 Å². The lowest BCUT2D eigenvalue weighted by atomic mass is 9.60. The Bertz CT molecular complexity index is 264. The van der Waals surface area contributed by atoms with Gasteiger partial charge in [-0.3, -0.25) is 0 Å². The van der Waals surface area contributed by atoms with Crippen LogP contribution in [0.4, 0.5) is 0 Å². The molecule has 2 fully saturated rings. The van der Waals surface area contributed by atoms with Gasteiger partial charge in [0, 0.05) is 5.92 Å². The fraction of sp³-hybridized carbons (Fsp3) is 1.00. The molecule has 0 aromatic heterocycles. The summed E-state index contributed by atoms with van der Waals surface area (Å²) in [5, 5.41) is 21.2. The molecule has 0 aromatic rings. The van der Waals surface area contributed by atoms with Gasteiger partial charge in [-0.2, -0.15) is 0 Å². The summed E-state index contributed by atoms with van der Waals surface area (Å²) in [7, 11) is 0. The fourth-order valence-electron chi connectivity index (χ4n) is 4.48. The van der Waals surface area contributed by atoms with Crippen molar-refractivity contribution in [2.24, 2.45) is 29.6 Å². The first-order valence-corrected chi connectivity index (χ1v) is 7.92. The summed E-state index contributed by atoms with van der Waals surface area (Å²) in [4.78, 5) is 0. The number of fused-ring (bicyclic) bond motifs is 1. The zero-order valence-corrected chi connectivity index (χ0v) is 12.2. The highest BCUT2D eigenvalue weighted by Crippen LogP contribution is 2.47. The van der Waals surface area contributed by atoms with Crippen molar-refractivity contribution < 1.29 is 10.2 Å². The molecule has 2 aliphatic carbocycles. The van der Waals surface area contributed by atoms with Crippen molar-refractivity contribution in [3.63, 3.8) is 0 Å². The molecular weight excluding hydrogens is 224 g/mol. The molecule has 106 valence electrons. The van der Waals surface area contributed by atoms with Gasteiger partial charge in [-0.15, -0.1) is 0 Å². The smallest absolute Gasteiger partial charge is 0.0626 e. The summed E-state index contributed by atoms with van der Waals surface area (Å²) in [5.74, 6) is 2.06. The van der Waals surface area contributed by atoms with Crippen molar-refractivity contribution in [2.45, 2.75) is 71.5 Å². The van der Waals surface area contributed by atoms with Crippen LogP contribution in [0.2, 0.25) is 0 Å². The lowest BCUT2D eigenvalue weighted by Gasteiger charge is -2.49. The number of rotatable bonds is 3. The molecule has 0 aromatic carbocycles. The molecular formula is C16H30O2. The van der Waals surface area contributed by atoms with E-state index in [0.717, 1.165) is 25.7 Å². The number of hydrogen-bond acceptors (Lipinski definition) is 2. The first kappa shape index (κ1) is 14.3. The molecule has 0 saturated heterocycles. The fourth-order valence-corrected chi connectivity index (χ4v) is 4.48. The van der Waals surface area contributed by atoms with E-state index in [0.29, 0.717) is 23.7 Å². The second-order valence-corrected chi connectivity index (χ2v) is 6.93. The number of aliphatic hydroxyl groups excluding tert-OH is 2. The van der Waals surface area contributed by atoms with Crippen LogP contribution in [0.3, 0.4) is 0 Å².